The summed E-state index contributed by atoms with van der Waals surface area (Å²) >= 11 is 0. The first-order chi connectivity index (χ1) is 12.1. The zero-order chi connectivity index (χ0) is 19.2. The van der Waals surface area contributed by atoms with E-state index < -0.39 is 17.7 Å². The second kappa shape index (κ2) is 6.30. The highest BCUT2D eigenvalue weighted by Gasteiger charge is 2.54. The molecule has 3 atom stereocenters. The number of urea groups is 1. The molecular formula is C19H25N3O4. The fourth-order valence-electron chi connectivity index (χ4n) is 3.23. The highest BCUT2D eigenvalue weighted by Crippen LogP contribution is 2.37. The summed E-state index contributed by atoms with van der Waals surface area (Å²) in [5, 5.41) is 0. The normalized spacial score (nSPS) is 25.5. The van der Waals surface area contributed by atoms with Crippen LogP contribution in [0.5, 0.6) is 0 Å². The molecule has 1 aromatic rings. The fraction of sp³-hybridized carbons (Fsp3) is 0.526. The van der Waals surface area contributed by atoms with Gasteiger partial charge in [0.05, 0.1) is 18.6 Å². The molecule has 7 nitrogen and oxygen atoms in total. The third-order valence-corrected chi connectivity index (χ3v) is 4.76. The van der Waals surface area contributed by atoms with E-state index in [9.17, 15) is 14.4 Å². The number of hydrogen-bond donors (Lipinski definition) is 0. The van der Waals surface area contributed by atoms with Crippen LogP contribution in [0.25, 0.3) is 0 Å². The van der Waals surface area contributed by atoms with Crippen LogP contribution in [0.4, 0.5) is 9.59 Å². The molecule has 2 saturated heterocycles. The number of nitrogens with zero attached hydrogens (tertiary/aromatic N) is 3. The van der Waals surface area contributed by atoms with E-state index in [-0.39, 0.29) is 30.6 Å². The average molecular weight is 359 g/mol. The first kappa shape index (κ1) is 18.2. The van der Waals surface area contributed by atoms with E-state index in [1.165, 1.54) is 9.80 Å². The molecule has 0 aliphatic carbocycles. The second-order valence-electron chi connectivity index (χ2n) is 7.85. The van der Waals surface area contributed by atoms with E-state index in [1.54, 1.807) is 32.7 Å². The summed E-state index contributed by atoms with van der Waals surface area (Å²) in [6, 6.07) is 7.98. The first-order valence-electron chi connectivity index (χ1n) is 8.76. The van der Waals surface area contributed by atoms with Crippen LogP contribution in [-0.2, 0) is 9.53 Å². The van der Waals surface area contributed by atoms with Gasteiger partial charge in [-0.15, -0.1) is 0 Å². The van der Waals surface area contributed by atoms with E-state index >= 15 is 0 Å². The molecule has 4 amide bonds. The number of ether oxygens (including phenoxy) is 1. The van der Waals surface area contributed by atoms with Crippen LogP contribution < -0.4 is 0 Å². The predicted molar refractivity (Wildman–Crippen MR) is 95.4 cm³/mol. The van der Waals surface area contributed by atoms with Gasteiger partial charge in [-0.25, -0.2) is 9.59 Å². The van der Waals surface area contributed by atoms with Crippen LogP contribution in [-0.4, -0.2) is 64.0 Å². The highest BCUT2D eigenvalue weighted by atomic mass is 16.6. The van der Waals surface area contributed by atoms with Gasteiger partial charge in [-0.1, -0.05) is 30.3 Å². The third-order valence-electron chi connectivity index (χ3n) is 4.76. The number of benzene rings is 1. The molecule has 0 spiro atoms. The Labute approximate surface area is 153 Å². The monoisotopic (exact) mass is 359 g/mol. The number of hydrogen-bond acceptors (Lipinski definition) is 4. The van der Waals surface area contributed by atoms with Crippen molar-refractivity contribution in [1.82, 2.24) is 14.7 Å². The van der Waals surface area contributed by atoms with Gasteiger partial charge in [-0.3, -0.25) is 14.6 Å². The molecule has 7 heteroatoms. The van der Waals surface area contributed by atoms with Crippen LogP contribution in [0.15, 0.2) is 30.3 Å². The zero-order valence-electron chi connectivity index (χ0n) is 15.8. The largest absolute Gasteiger partial charge is 0.444 e. The lowest BCUT2D eigenvalue weighted by atomic mass is 10.00. The van der Waals surface area contributed by atoms with Gasteiger partial charge in [-0.05, 0) is 33.3 Å². The molecule has 1 aromatic carbocycles. The molecule has 140 valence electrons. The maximum atomic E-state index is 13.0. The first-order valence-corrected chi connectivity index (χ1v) is 8.76. The third kappa shape index (κ3) is 3.25. The SMILES string of the molecule is C[C@H]1[C@@H](c2ccccc2)N(C(=O)[C@@H]2CN2C(=O)OC(C)(C)C)C(=O)N1C. The van der Waals surface area contributed by atoms with Gasteiger partial charge in [-0.2, -0.15) is 0 Å². The molecule has 2 aliphatic rings. The van der Waals surface area contributed by atoms with Gasteiger partial charge in [0.1, 0.15) is 11.6 Å². The fourth-order valence-corrected chi connectivity index (χ4v) is 3.23. The Morgan fingerprint density at radius 1 is 1.15 bits per heavy atom. The molecule has 0 saturated carbocycles. The Bertz CT molecular complexity index is 728. The number of likely N-dealkylation sites (N-methyl/N-ethyl adjacent to an activating group) is 1. The van der Waals surface area contributed by atoms with Crippen molar-refractivity contribution in [3.05, 3.63) is 35.9 Å². The van der Waals surface area contributed by atoms with Crippen molar-refractivity contribution < 1.29 is 19.1 Å². The standard InChI is InChI=1S/C19H25N3O4/c1-12-15(13-9-7-6-8-10-13)22(17(24)20(12)5)16(23)14-11-21(14)18(25)26-19(2,3)4/h6-10,12,14-15H,11H2,1-5H3/t12-,14-,15-,21?/m0/s1. The minimum Gasteiger partial charge on any atom is -0.444 e. The van der Waals surface area contributed by atoms with Crippen molar-refractivity contribution >= 4 is 18.0 Å². The molecule has 0 unspecified atom stereocenters. The van der Waals surface area contributed by atoms with Crippen molar-refractivity contribution in [2.75, 3.05) is 13.6 Å². The number of carbonyl (C=O) groups excluding carboxylic acids is 3. The number of rotatable bonds is 2. The highest BCUT2D eigenvalue weighted by molar-refractivity contribution is 6.02. The van der Waals surface area contributed by atoms with Crippen molar-refractivity contribution in [3.8, 4) is 0 Å². The number of carbonyl (C=O) groups is 3. The van der Waals surface area contributed by atoms with Crippen LogP contribution in [0, 0.1) is 0 Å². The van der Waals surface area contributed by atoms with Crippen LogP contribution in [0.1, 0.15) is 39.3 Å². The zero-order valence-corrected chi connectivity index (χ0v) is 15.8. The maximum absolute atomic E-state index is 13.0. The minimum atomic E-state index is -0.640. The minimum absolute atomic E-state index is 0.150. The number of amides is 4. The predicted octanol–water partition coefficient (Wildman–Crippen LogP) is 2.63. The van der Waals surface area contributed by atoms with E-state index in [2.05, 4.69) is 0 Å². The van der Waals surface area contributed by atoms with Crippen molar-refractivity contribution in [2.24, 2.45) is 0 Å². The Balaban J connectivity index is 1.79. The molecule has 2 fully saturated rings. The summed E-state index contributed by atoms with van der Waals surface area (Å²) in [5.74, 6) is -0.356. The summed E-state index contributed by atoms with van der Waals surface area (Å²) in [4.78, 5) is 42.0. The van der Waals surface area contributed by atoms with Crippen molar-refractivity contribution in [2.45, 2.75) is 51.4 Å². The van der Waals surface area contributed by atoms with Gasteiger partial charge in [0.2, 0.25) is 0 Å². The van der Waals surface area contributed by atoms with Crippen LogP contribution in [0.3, 0.4) is 0 Å². The molecule has 0 radical (unpaired) electrons. The molecule has 2 heterocycles. The molecule has 2 aliphatic heterocycles. The average Bonchev–Trinajstić information content (AvgIpc) is 3.33. The van der Waals surface area contributed by atoms with Gasteiger partial charge >= 0.3 is 12.1 Å². The van der Waals surface area contributed by atoms with Crippen LogP contribution >= 0.6 is 0 Å². The molecule has 3 rings (SSSR count). The summed E-state index contributed by atoms with van der Waals surface area (Å²) < 4.78 is 5.31. The van der Waals surface area contributed by atoms with Gasteiger partial charge < -0.3 is 9.64 Å². The second-order valence-corrected chi connectivity index (χ2v) is 7.85. The van der Waals surface area contributed by atoms with Crippen LogP contribution in [0.2, 0.25) is 0 Å². The Hall–Kier alpha value is -2.57. The molecule has 0 N–H and O–H groups in total. The summed E-state index contributed by atoms with van der Waals surface area (Å²) in [6.07, 6.45) is -0.528. The Morgan fingerprint density at radius 2 is 1.77 bits per heavy atom. The Kier molecular flexibility index (Phi) is 4.42. The van der Waals surface area contributed by atoms with E-state index in [1.807, 2.05) is 37.3 Å². The smallest absolute Gasteiger partial charge is 0.411 e. The molecule has 0 aromatic heterocycles. The summed E-state index contributed by atoms with van der Waals surface area (Å²) in [5.41, 5.74) is 0.272. The summed E-state index contributed by atoms with van der Waals surface area (Å²) in [6.45, 7) is 7.52. The van der Waals surface area contributed by atoms with Crippen molar-refractivity contribution in [1.29, 1.82) is 0 Å². The molecule has 26 heavy (non-hydrogen) atoms. The topological polar surface area (TPSA) is 69.9 Å². The molecular weight excluding hydrogens is 334 g/mol. The van der Waals surface area contributed by atoms with E-state index in [4.69, 9.17) is 4.74 Å². The molecule has 0 bridgehead atoms. The lowest BCUT2D eigenvalue weighted by Gasteiger charge is -2.24. The van der Waals surface area contributed by atoms with Crippen molar-refractivity contribution in [3.63, 3.8) is 0 Å². The maximum Gasteiger partial charge on any atom is 0.411 e. The van der Waals surface area contributed by atoms with Gasteiger partial charge in [0.25, 0.3) is 5.91 Å². The number of imide groups is 1. The van der Waals surface area contributed by atoms with Gasteiger partial charge in [0.15, 0.2) is 0 Å². The van der Waals surface area contributed by atoms with E-state index in [0.717, 1.165) is 5.56 Å². The lowest BCUT2D eigenvalue weighted by Crippen LogP contribution is -2.41. The summed E-state index contributed by atoms with van der Waals surface area (Å²) in [7, 11) is 1.69. The van der Waals surface area contributed by atoms with Gasteiger partial charge in [0, 0.05) is 7.05 Å². The quantitative estimate of drug-likeness (QED) is 0.761. The Morgan fingerprint density at radius 3 is 2.35 bits per heavy atom. The lowest BCUT2D eigenvalue weighted by molar-refractivity contribution is -0.129. The van der Waals surface area contributed by atoms with E-state index in [0.29, 0.717) is 0 Å².